The first kappa shape index (κ1) is 13.7. The number of hydrogen-bond acceptors (Lipinski definition) is 3. The van der Waals surface area contributed by atoms with Crippen molar-refractivity contribution in [2.24, 2.45) is 5.92 Å². The first-order chi connectivity index (χ1) is 8.54. The van der Waals surface area contributed by atoms with Gasteiger partial charge in [-0.2, -0.15) is 4.31 Å². The number of hydrogen-bond donors (Lipinski definition) is 0. The van der Waals surface area contributed by atoms with E-state index < -0.39 is 15.8 Å². The van der Waals surface area contributed by atoms with Gasteiger partial charge in [0.05, 0.1) is 6.20 Å². The zero-order valence-electron chi connectivity index (χ0n) is 9.72. The van der Waals surface area contributed by atoms with Gasteiger partial charge in [0.1, 0.15) is 10.7 Å². The van der Waals surface area contributed by atoms with Crippen LogP contribution in [0.4, 0.5) is 4.39 Å². The number of halogens is 2. The highest BCUT2D eigenvalue weighted by molar-refractivity contribution is 7.89. The third-order valence-electron chi connectivity index (χ3n) is 3.08. The molecule has 100 valence electrons. The van der Waals surface area contributed by atoms with Crippen LogP contribution >= 0.6 is 11.6 Å². The number of aromatic nitrogens is 1. The van der Waals surface area contributed by atoms with E-state index in [1.54, 1.807) is 0 Å². The van der Waals surface area contributed by atoms with Crippen LogP contribution in [0.25, 0.3) is 0 Å². The summed E-state index contributed by atoms with van der Waals surface area (Å²) in [5, 5.41) is 0. The van der Waals surface area contributed by atoms with Crippen molar-refractivity contribution in [1.82, 2.24) is 9.29 Å². The van der Waals surface area contributed by atoms with Gasteiger partial charge in [-0.15, -0.1) is 11.6 Å². The van der Waals surface area contributed by atoms with Crippen molar-refractivity contribution in [2.45, 2.75) is 17.7 Å². The van der Waals surface area contributed by atoms with Crippen LogP contribution in [0.1, 0.15) is 12.8 Å². The van der Waals surface area contributed by atoms with Gasteiger partial charge >= 0.3 is 0 Å². The fraction of sp³-hybridized carbons (Fsp3) is 0.545. The third kappa shape index (κ3) is 2.81. The lowest BCUT2D eigenvalue weighted by Crippen LogP contribution is -2.29. The molecule has 1 aromatic heterocycles. The lowest BCUT2D eigenvalue weighted by molar-refractivity contribution is 0.452. The molecule has 0 aromatic carbocycles. The molecule has 1 atom stereocenters. The largest absolute Gasteiger partial charge is 0.260 e. The van der Waals surface area contributed by atoms with Gasteiger partial charge in [0.25, 0.3) is 0 Å². The van der Waals surface area contributed by atoms with Crippen molar-refractivity contribution < 1.29 is 12.8 Å². The normalized spacial score (nSPS) is 21.3. The van der Waals surface area contributed by atoms with Crippen molar-refractivity contribution in [2.75, 3.05) is 19.0 Å². The molecule has 0 bridgehead atoms. The smallest absolute Gasteiger partial charge is 0.244 e. The van der Waals surface area contributed by atoms with Crippen molar-refractivity contribution >= 4 is 21.6 Å². The van der Waals surface area contributed by atoms with Crippen LogP contribution in [-0.4, -0.2) is 36.7 Å². The van der Waals surface area contributed by atoms with Gasteiger partial charge in [0.15, 0.2) is 0 Å². The maximum absolute atomic E-state index is 13.0. The van der Waals surface area contributed by atoms with E-state index in [1.807, 2.05) is 0 Å². The molecule has 0 spiro atoms. The second kappa shape index (κ2) is 5.50. The highest BCUT2D eigenvalue weighted by Gasteiger charge is 2.32. The molecular weight excluding hydrogens is 279 g/mol. The van der Waals surface area contributed by atoms with E-state index in [1.165, 1.54) is 10.5 Å². The summed E-state index contributed by atoms with van der Waals surface area (Å²) in [5.74, 6) is 0.173. The first-order valence-electron chi connectivity index (χ1n) is 5.70. The lowest BCUT2D eigenvalue weighted by atomic mass is 10.1. The summed E-state index contributed by atoms with van der Waals surface area (Å²) in [6.07, 6.45) is 3.76. The molecule has 4 nitrogen and oxygen atoms in total. The maximum atomic E-state index is 13.0. The summed E-state index contributed by atoms with van der Waals surface area (Å²) in [6, 6.07) is 0.997. The number of pyridine rings is 1. The fourth-order valence-electron chi connectivity index (χ4n) is 2.09. The van der Waals surface area contributed by atoms with Crippen molar-refractivity contribution in [1.29, 1.82) is 0 Å². The van der Waals surface area contributed by atoms with Gasteiger partial charge in [0.2, 0.25) is 10.0 Å². The molecule has 7 heteroatoms. The average molecular weight is 293 g/mol. The highest BCUT2D eigenvalue weighted by Crippen LogP contribution is 2.26. The SMILES string of the molecule is O=S(=O)(c1cncc(F)c1)N1CCC(CCCl)C1. The number of nitrogens with zero attached hydrogens (tertiary/aromatic N) is 2. The Kier molecular flexibility index (Phi) is 4.19. The van der Waals surface area contributed by atoms with E-state index in [2.05, 4.69) is 4.98 Å². The highest BCUT2D eigenvalue weighted by atomic mass is 35.5. The zero-order valence-corrected chi connectivity index (χ0v) is 11.3. The van der Waals surface area contributed by atoms with Crippen LogP contribution in [0.5, 0.6) is 0 Å². The molecule has 0 aliphatic carbocycles. The molecule has 1 fully saturated rings. The molecule has 1 aliphatic heterocycles. The summed E-state index contributed by atoms with van der Waals surface area (Å²) in [5.41, 5.74) is 0. The minimum atomic E-state index is -3.62. The Hall–Kier alpha value is -0.720. The van der Waals surface area contributed by atoms with E-state index in [-0.39, 0.29) is 4.90 Å². The number of sulfonamides is 1. The van der Waals surface area contributed by atoms with Gasteiger partial charge in [-0.05, 0) is 24.8 Å². The monoisotopic (exact) mass is 292 g/mol. The Labute approximate surface area is 111 Å². The van der Waals surface area contributed by atoms with Gasteiger partial charge < -0.3 is 0 Å². The molecule has 2 heterocycles. The molecule has 1 saturated heterocycles. The van der Waals surface area contributed by atoms with Crippen LogP contribution in [0.2, 0.25) is 0 Å². The Morgan fingerprint density at radius 1 is 1.50 bits per heavy atom. The summed E-state index contributed by atoms with van der Waals surface area (Å²) in [7, 11) is -3.62. The Bertz CT molecular complexity index is 524. The Balaban J connectivity index is 2.18. The molecule has 1 unspecified atom stereocenters. The van der Waals surface area contributed by atoms with Crippen LogP contribution in [0.15, 0.2) is 23.4 Å². The first-order valence-corrected chi connectivity index (χ1v) is 7.68. The van der Waals surface area contributed by atoms with E-state index in [0.717, 1.165) is 25.1 Å². The second-order valence-electron chi connectivity index (χ2n) is 4.33. The van der Waals surface area contributed by atoms with E-state index in [4.69, 9.17) is 11.6 Å². The molecule has 1 aromatic rings. The second-order valence-corrected chi connectivity index (χ2v) is 6.65. The van der Waals surface area contributed by atoms with Crippen LogP contribution in [-0.2, 0) is 10.0 Å². The Morgan fingerprint density at radius 2 is 2.28 bits per heavy atom. The summed E-state index contributed by atoms with van der Waals surface area (Å²) < 4.78 is 38.8. The minimum Gasteiger partial charge on any atom is -0.260 e. The molecule has 1 aliphatic rings. The minimum absolute atomic E-state index is 0.0889. The lowest BCUT2D eigenvalue weighted by Gasteiger charge is -2.16. The van der Waals surface area contributed by atoms with Gasteiger partial charge in [-0.3, -0.25) is 4.98 Å². The molecule has 0 N–H and O–H groups in total. The average Bonchev–Trinajstić information content (AvgIpc) is 2.79. The van der Waals surface area contributed by atoms with Crippen LogP contribution in [0, 0.1) is 11.7 Å². The maximum Gasteiger partial charge on any atom is 0.244 e. The van der Waals surface area contributed by atoms with E-state index in [9.17, 15) is 12.8 Å². The van der Waals surface area contributed by atoms with Gasteiger partial charge in [-0.25, -0.2) is 12.8 Å². The third-order valence-corrected chi connectivity index (χ3v) is 5.13. The standard InChI is InChI=1S/C11H14ClFN2O2S/c12-3-1-9-2-4-15(8-9)18(16,17)11-5-10(13)6-14-7-11/h5-7,9H,1-4,8H2. The fourth-order valence-corrected chi connectivity index (χ4v) is 3.90. The van der Waals surface area contributed by atoms with Crippen LogP contribution < -0.4 is 0 Å². The molecule has 18 heavy (non-hydrogen) atoms. The Morgan fingerprint density at radius 3 is 2.94 bits per heavy atom. The zero-order chi connectivity index (χ0) is 13.2. The number of rotatable bonds is 4. The van der Waals surface area contributed by atoms with Crippen molar-refractivity contribution in [3.05, 3.63) is 24.3 Å². The molecule has 0 radical (unpaired) electrons. The van der Waals surface area contributed by atoms with Gasteiger partial charge in [0, 0.05) is 25.2 Å². The number of alkyl halides is 1. The summed E-state index contributed by atoms with van der Waals surface area (Å²) in [4.78, 5) is 3.49. The van der Waals surface area contributed by atoms with E-state index >= 15 is 0 Å². The summed E-state index contributed by atoms with van der Waals surface area (Å²) >= 11 is 5.65. The predicted molar refractivity (Wildman–Crippen MR) is 66.4 cm³/mol. The molecule has 0 saturated carbocycles. The van der Waals surface area contributed by atoms with Gasteiger partial charge in [-0.1, -0.05) is 0 Å². The topological polar surface area (TPSA) is 50.3 Å². The van der Waals surface area contributed by atoms with E-state index in [0.29, 0.717) is 24.9 Å². The molecule has 0 amide bonds. The van der Waals surface area contributed by atoms with Crippen molar-refractivity contribution in [3.8, 4) is 0 Å². The summed E-state index contributed by atoms with van der Waals surface area (Å²) in [6.45, 7) is 0.909. The van der Waals surface area contributed by atoms with Crippen LogP contribution in [0.3, 0.4) is 0 Å². The molecule has 2 rings (SSSR count). The predicted octanol–water partition coefficient (Wildman–Crippen LogP) is 1.86. The van der Waals surface area contributed by atoms with Crippen molar-refractivity contribution in [3.63, 3.8) is 0 Å². The molecular formula is C11H14ClFN2O2S. The quantitative estimate of drug-likeness (QED) is 0.796.